The van der Waals surface area contributed by atoms with E-state index < -0.39 is 0 Å². The molecule has 0 aliphatic rings. The summed E-state index contributed by atoms with van der Waals surface area (Å²) >= 11 is 0. The summed E-state index contributed by atoms with van der Waals surface area (Å²) in [5.41, 5.74) is 8.12. The highest BCUT2D eigenvalue weighted by molar-refractivity contribution is 5.46. The van der Waals surface area contributed by atoms with E-state index in [1.807, 2.05) is 19.1 Å². The Labute approximate surface area is 87.6 Å². The highest BCUT2D eigenvalue weighted by Gasteiger charge is 2.03. The molecular formula is C11H10N4. The second-order valence-electron chi connectivity index (χ2n) is 3.30. The molecule has 0 bridgehead atoms. The highest BCUT2D eigenvalue weighted by Crippen LogP contribution is 2.15. The second kappa shape index (κ2) is 3.46. The molecule has 0 saturated carbocycles. The highest BCUT2D eigenvalue weighted by atomic mass is 15.3. The van der Waals surface area contributed by atoms with Crippen LogP contribution in [0.25, 0.3) is 5.69 Å². The van der Waals surface area contributed by atoms with E-state index in [1.165, 1.54) is 0 Å². The number of nitrogens with zero attached hydrogens (tertiary/aromatic N) is 3. The van der Waals surface area contributed by atoms with Crippen LogP contribution in [0.3, 0.4) is 0 Å². The zero-order valence-electron chi connectivity index (χ0n) is 8.31. The molecule has 2 aromatic rings. The molecule has 1 aromatic carbocycles. The third kappa shape index (κ3) is 1.67. The molecule has 4 nitrogen and oxygen atoms in total. The molecule has 0 aliphatic carbocycles. The molecule has 0 amide bonds. The molecule has 0 aliphatic heterocycles. The van der Waals surface area contributed by atoms with Crippen LogP contribution in [0, 0.1) is 18.3 Å². The summed E-state index contributed by atoms with van der Waals surface area (Å²) in [6, 6.07) is 9.28. The van der Waals surface area contributed by atoms with Gasteiger partial charge in [-0.3, -0.25) is 0 Å². The van der Waals surface area contributed by atoms with Crippen molar-refractivity contribution in [3.63, 3.8) is 0 Å². The summed E-state index contributed by atoms with van der Waals surface area (Å²) in [6.07, 6.45) is 1.80. The van der Waals surface area contributed by atoms with Crippen LogP contribution < -0.4 is 5.73 Å². The van der Waals surface area contributed by atoms with Gasteiger partial charge in [0.2, 0.25) is 0 Å². The molecule has 0 unspecified atom stereocenters. The number of benzene rings is 1. The summed E-state index contributed by atoms with van der Waals surface area (Å²) in [5, 5.41) is 12.8. The van der Waals surface area contributed by atoms with Crippen molar-refractivity contribution >= 4 is 5.82 Å². The molecule has 1 heterocycles. The molecule has 15 heavy (non-hydrogen) atoms. The number of anilines is 1. The van der Waals surface area contributed by atoms with Gasteiger partial charge in [-0.15, -0.1) is 0 Å². The lowest BCUT2D eigenvalue weighted by molar-refractivity contribution is 0.878. The van der Waals surface area contributed by atoms with E-state index in [2.05, 4.69) is 11.2 Å². The Bertz CT molecular complexity index is 534. The maximum Gasteiger partial charge on any atom is 0.145 e. The minimum atomic E-state index is 0.485. The average Bonchev–Trinajstić information content (AvgIpc) is 2.64. The fourth-order valence-electron chi connectivity index (χ4n) is 1.45. The van der Waals surface area contributed by atoms with Gasteiger partial charge in [0.25, 0.3) is 0 Å². The van der Waals surface area contributed by atoms with E-state index >= 15 is 0 Å². The van der Waals surface area contributed by atoms with Gasteiger partial charge in [-0.25, -0.2) is 4.68 Å². The van der Waals surface area contributed by atoms with Crippen LogP contribution in [0.2, 0.25) is 0 Å². The first-order valence-electron chi connectivity index (χ1n) is 4.53. The molecule has 0 atom stereocenters. The van der Waals surface area contributed by atoms with Crippen LogP contribution in [0.1, 0.15) is 11.1 Å². The van der Waals surface area contributed by atoms with Crippen molar-refractivity contribution in [3.8, 4) is 11.8 Å². The first-order chi connectivity index (χ1) is 7.20. The predicted octanol–water partition coefficient (Wildman–Crippen LogP) is 1.63. The van der Waals surface area contributed by atoms with Gasteiger partial charge in [-0.05, 0) is 30.7 Å². The van der Waals surface area contributed by atoms with Gasteiger partial charge in [0.15, 0.2) is 0 Å². The van der Waals surface area contributed by atoms with Gasteiger partial charge in [-0.2, -0.15) is 10.4 Å². The zero-order valence-corrected chi connectivity index (χ0v) is 8.31. The van der Waals surface area contributed by atoms with Gasteiger partial charge in [-0.1, -0.05) is 0 Å². The summed E-state index contributed by atoms with van der Waals surface area (Å²) in [7, 11) is 0. The van der Waals surface area contributed by atoms with Gasteiger partial charge in [0.1, 0.15) is 5.82 Å². The van der Waals surface area contributed by atoms with E-state index in [9.17, 15) is 0 Å². The molecule has 4 heteroatoms. The quantitative estimate of drug-likeness (QED) is 0.757. The summed E-state index contributed by atoms with van der Waals surface area (Å²) in [5.74, 6) is 0.485. The van der Waals surface area contributed by atoms with Crippen LogP contribution in [0.4, 0.5) is 5.82 Å². The maximum absolute atomic E-state index is 8.74. The molecule has 1 aromatic heterocycles. The average molecular weight is 198 g/mol. The largest absolute Gasteiger partial charge is 0.382 e. The Hall–Kier alpha value is -2.28. The van der Waals surface area contributed by atoms with Crippen molar-refractivity contribution in [2.24, 2.45) is 0 Å². The molecule has 0 radical (unpaired) electrons. The lowest BCUT2D eigenvalue weighted by Gasteiger charge is -2.05. The van der Waals surface area contributed by atoms with Crippen LogP contribution >= 0.6 is 0 Å². The number of aryl methyl sites for hydroxylation is 1. The maximum atomic E-state index is 8.74. The Morgan fingerprint density at radius 2 is 2.20 bits per heavy atom. The molecular weight excluding hydrogens is 188 g/mol. The minimum absolute atomic E-state index is 0.485. The number of rotatable bonds is 1. The molecule has 74 valence electrons. The molecule has 0 spiro atoms. The van der Waals surface area contributed by atoms with Crippen molar-refractivity contribution < 1.29 is 0 Å². The lowest BCUT2D eigenvalue weighted by atomic mass is 10.1. The minimum Gasteiger partial charge on any atom is -0.382 e. The second-order valence-corrected chi connectivity index (χ2v) is 3.30. The van der Waals surface area contributed by atoms with E-state index in [0.717, 1.165) is 11.3 Å². The monoisotopic (exact) mass is 198 g/mol. The Morgan fingerprint density at radius 1 is 1.40 bits per heavy atom. The van der Waals surface area contributed by atoms with Crippen molar-refractivity contribution in [3.05, 3.63) is 41.6 Å². The molecule has 0 saturated heterocycles. The number of nitriles is 1. The Kier molecular flexibility index (Phi) is 2.14. The first-order valence-corrected chi connectivity index (χ1v) is 4.53. The Balaban J connectivity index is 2.51. The third-order valence-electron chi connectivity index (χ3n) is 2.18. The topological polar surface area (TPSA) is 67.6 Å². The number of aromatic nitrogens is 2. The summed E-state index contributed by atoms with van der Waals surface area (Å²) in [4.78, 5) is 0. The fraction of sp³-hybridized carbons (Fsp3) is 0.0909. The van der Waals surface area contributed by atoms with Gasteiger partial charge in [0, 0.05) is 12.3 Å². The first kappa shape index (κ1) is 9.28. The number of nitrogen functional groups attached to an aromatic ring is 1. The molecule has 2 N–H and O–H groups in total. The third-order valence-corrected chi connectivity index (χ3v) is 2.18. The number of hydrogen-bond donors (Lipinski definition) is 1. The van der Waals surface area contributed by atoms with E-state index in [4.69, 9.17) is 11.0 Å². The van der Waals surface area contributed by atoms with Crippen molar-refractivity contribution in [2.75, 3.05) is 5.73 Å². The lowest BCUT2D eigenvalue weighted by Crippen LogP contribution is -1.99. The number of hydrogen-bond acceptors (Lipinski definition) is 3. The summed E-state index contributed by atoms with van der Waals surface area (Å²) < 4.78 is 1.70. The van der Waals surface area contributed by atoms with Crippen LogP contribution in [0.15, 0.2) is 30.5 Å². The van der Waals surface area contributed by atoms with Gasteiger partial charge >= 0.3 is 0 Å². The SMILES string of the molecule is Cc1cc(C#N)ccc1-n1ccc(N)n1. The van der Waals surface area contributed by atoms with Crippen molar-refractivity contribution in [1.82, 2.24) is 9.78 Å². The predicted molar refractivity (Wildman–Crippen MR) is 57.4 cm³/mol. The van der Waals surface area contributed by atoms with Crippen molar-refractivity contribution in [2.45, 2.75) is 6.92 Å². The Morgan fingerprint density at radius 3 is 2.73 bits per heavy atom. The number of nitrogens with two attached hydrogens (primary N) is 1. The van der Waals surface area contributed by atoms with E-state index in [-0.39, 0.29) is 0 Å². The van der Waals surface area contributed by atoms with Crippen molar-refractivity contribution in [1.29, 1.82) is 5.26 Å². The van der Waals surface area contributed by atoms with Crippen LogP contribution in [-0.4, -0.2) is 9.78 Å². The van der Waals surface area contributed by atoms with E-state index in [0.29, 0.717) is 11.4 Å². The molecule has 2 rings (SSSR count). The smallest absolute Gasteiger partial charge is 0.145 e. The normalized spacial score (nSPS) is 9.87. The standard InChI is InChI=1S/C11H10N4/c1-8-6-9(7-12)2-3-10(8)15-5-4-11(13)14-15/h2-6H,1H3,(H2,13,14). The fourth-order valence-corrected chi connectivity index (χ4v) is 1.45. The summed E-state index contributed by atoms with van der Waals surface area (Å²) in [6.45, 7) is 1.94. The van der Waals surface area contributed by atoms with Gasteiger partial charge < -0.3 is 5.73 Å². The van der Waals surface area contributed by atoms with Crippen LogP contribution in [-0.2, 0) is 0 Å². The van der Waals surface area contributed by atoms with Gasteiger partial charge in [0.05, 0.1) is 17.3 Å². The van der Waals surface area contributed by atoms with E-state index in [1.54, 1.807) is 23.0 Å². The molecule has 0 fully saturated rings. The van der Waals surface area contributed by atoms with Crippen LogP contribution in [0.5, 0.6) is 0 Å². The zero-order chi connectivity index (χ0) is 10.8.